The third-order valence-corrected chi connectivity index (χ3v) is 4.87. The van der Waals surface area contributed by atoms with Crippen molar-refractivity contribution in [1.82, 2.24) is 9.55 Å². The number of hydrogen-bond acceptors (Lipinski definition) is 3. The van der Waals surface area contributed by atoms with E-state index < -0.39 is 0 Å². The van der Waals surface area contributed by atoms with Gasteiger partial charge in [0.15, 0.2) is 0 Å². The molecule has 94 valence electrons. The number of rotatable bonds is 3. The maximum Gasteiger partial charge on any atom is 0.126 e. The van der Waals surface area contributed by atoms with Gasteiger partial charge in [-0.1, -0.05) is 18.2 Å². The van der Waals surface area contributed by atoms with Gasteiger partial charge in [0.25, 0.3) is 0 Å². The van der Waals surface area contributed by atoms with Gasteiger partial charge in [0.1, 0.15) is 5.82 Å². The molecule has 0 bridgehead atoms. The molecule has 0 amide bonds. The molecule has 0 saturated heterocycles. The fourth-order valence-corrected chi connectivity index (χ4v) is 3.78. The van der Waals surface area contributed by atoms with Crippen molar-refractivity contribution < 1.29 is 0 Å². The predicted molar refractivity (Wildman–Crippen MR) is 74.6 cm³/mol. The lowest BCUT2D eigenvalue weighted by Crippen LogP contribution is -2.26. The highest BCUT2D eigenvalue weighted by Gasteiger charge is 2.30. The standard InChI is InChI=1S/C14H17N3S/c1-2-17-8-7-16-14(17)13(15)12-9-10-5-3-4-6-11(10)18-12/h3-8,12-13H,2,9,15H2,1H3. The van der Waals surface area contributed by atoms with Gasteiger partial charge < -0.3 is 10.3 Å². The third-order valence-electron chi connectivity index (χ3n) is 3.46. The lowest BCUT2D eigenvalue weighted by molar-refractivity contribution is 0.582. The second kappa shape index (κ2) is 4.78. The molecule has 3 rings (SSSR count). The Labute approximate surface area is 111 Å². The van der Waals surface area contributed by atoms with Gasteiger partial charge in [-0.2, -0.15) is 0 Å². The quantitative estimate of drug-likeness (QED) is 0.921. The zero-order valence-corrected chi connectivity index (χ0v) is 11.2. The average molecular weight is 259 g/mol. The van der Waals surface area contributed by atoms with Crippen LogP contribution in [0.1, 0.15) is 24.4 Å². The second-order valence-corrected chi connectivity index (χ2v) is 5.85. The molecule has 2 N–H and O–H groups in total. The predicted octanol–water partition coefficient (Wildman–Crippen LogP) is 2.62. The molecule has 1 aliphatic rings. The molecular formula is C14H17N3S. The first-order valence-electron chi connectivity index (χ1n) is 6.30. The summed E-state index contributed by atoms with van der Waals surface area (Å²) in [5, 5.41) is 0.398. The number of benzene rings is 1. The van der Waals surface area contributed by atoms with Crippen molar-refractivity contribution >= 4 is 11.8 Å². The monoisotopic (exact) mass is 259 g/mol. The Morgan fingerprint density at radius 3 is 3.11 bits per heavy atom. The lowest BCUT2D eigenvalue weighted by atomic mass is 10.1. The van der Waals surface area contributed by atoms with Crippen molar-refractivity contribution in [2.24, 2.45) is 5.73 Å². The van der Waals surface area contributed by atoms with Crippen LogP contribution in [0.15, 0.2) is 41.6 Å². The lowest BCUT2D eigenvalue weighted by Gasteiger charge is -2.18. The molecule has 0 radical (unpaired) electrons. The molecule has 2 atom stereocenters. The molecule has 0 fully saturated rings. The van der Waals surface area contributed by atoms with Crippen LogP contribution in [-0.2, 0) is 13.0 Å². The number of aromatic nitrogens is 2. The third kappa shape index (κ3) is 1.95. The molecular weight excluding hydrogens is 242 g/mol. The molecule has 1 aromatic carbocycles. The van der Waals surface area contributed by atoms with Crippen molar-refractivity contribution in [3.05, 3.63) is 48.0 Å². The van der Waals surface area contributed by atoms with Gasteiger partial charge in [-0.15, -0.1) is 11.8 Å². The van der Waals surface area contributed by atoms with Gasteiger partial charge >= 0.3 is 0 Å². The van der Waals surface area contributed by atoms with Gasteiger partial charge in [-0.3, -0.25) is 0 Å². The normalized spacial score (nSPS) is 19.8. The van der Waals surface area contributed by atoms with Crippen LogP contribution in [-0.4, -0.2) is 14.8 Å². The largest absolute Gasteiger partial charge is 0.334 e. The number of imidazole rings is 1. The first-order valence-corrected chi connectivity index (χ1v) is 7.18. The van der Waals surface area contributed by atoms with E-state index in [1.807, 2.05) is 24.2 Å². The van der Waals surface area contributed by atoms with Gasteiger partial charge in [0, 0.05) is 29.1 Å². The van der Waals surface area contributed by atoms with Crippen molar-refractivity contribution in [2.45, 2.75) is 36.1 Å². The summed E-state index contributed by atoms with van der Waals surface area (Å²) < 4.78 is 2.13. The maximum atomic E-state index is 6.40. The van der Waals surface area contributed by atoms with E-state index in [4.69, 9.17) is 5.73 Å². The summed E-state index contributed by atoms with van der Waals surface area (Å²) in [5.41, 5.74) is 7.81. The van der Waals surface area contributed by atoms with E-state index in [0.29, 0.717) is 5.25 Å². The van der Waals surface area contributed by atoms with Crippen LogP contribution >= 0.6 is 11.8 Å². The van der Waals surface area contributed by atoms with Gasteiger partial charge in [-0.05, 0) is 25.0 Å². The van der Waals surface area contributed by atoms with E-state index in [9.17, 15) is 0 Å². The fraction of sp³-hybridized carbons (Fsp3) is 0.357. The SMILES string of the molecule is CCn1ccnc1C(N)C1Cc2ccccc2S1. The van der Waals surface area contributed by atoms with E-state index in [0.717, 1.165) is 18.8 Å². The summed E-state index contributed by atoms with van der Waals surface area (Å²) in [6, 6.07) is 8.56. The van der Waals surface area contributed by atoms with Crippen LogP contribution in [0, 0.1) is 0 Å². The molecule has 4 heteroatoms. The first-order chi connectivity index (χ1) is 8.79. The number of nitrogens with two attached hydrogens (primary N) is 1. The highest BCUT2D eigenvalue weighted by molar-refractivity contribution is 8.00. The van der Waals surface area contributed by atoms with Crippen LogP contribution in [0.4, 0.5) is 0 Å². The van der Waals surface area contributed by atoms with Crippen LogP contribution in [0.3, 0.4) is 0 Å². The smallest absolute Gasteiger partial charge is 0.126 e. The molecule has 2 unspecified atom stereocenters. The summed E-state index contributed by atoms with van der Waals surface area (Å²) in [4.78, 5) is 5.79. The Morgan fingerprint density at radius 2 is 2.33 bits per heavy atom. The highest BCUT2D eigenvalue weighted by atomic mass is 32.2. The topological polar surface area (TPSA) is 43.8 Å². The van der Waals surface area contributed by atoms with E-state index >= 15 is 0 Å². The minimum Gasteiger partial charge on any atom is -0.334 e. The maximum absolute atomic E-state index is 6.40. The number of thioether (sulfide) groups is 1. The van der Waals surface area contributed by atoms with Crippen LogP contribution in [0.5, 0.6) is 0 Å². The molecule has 18 heavy (non-hydrogen) atoms. The molecule has 2 heterocycles. The van der Waals surface area contributed by atoms with Crippen molar-refractivity contribution in [3.63, 3.8) is 0 Å². The van der Waals surface area contributed by atoms with Crippen molar-refractivity contribution in [1.29, 1.82) is 0 Å². The van der Waals surface area contributed by atoms with E-state index in [1.54, 1.807) is 0 Å². The number of aryl methyl sites for hydroxylation is 1. The van der Waals surface area contributed by atoms with E-state index in [1.165, 1.54) is 10.5 Å². The molecule has 1 aliphatic heterocycles. The van der Waals surface area contributed by atoms with E-state index in [-0.39, 0.29) is 6.04 Å². The van der Waals surface area contributed by atoms with Crippen LogP contribution in [0.25, 0.3) is 0 Å². The zero-order valence-electron chi connectivity index (χ0n) is 10.4. The zero-order chi connectivity index (χ0) is 12.5. The molecule has 3 nitrogen and oxygen atoms in total. The van der Waals surface area contributed by atoms with Gasteiger partial charge in [0.05, 0.1) is 6.04 Å². The van der Waals surface area contributed by atoms with Crippen molar-refractivity contribution in [3.8, 4) is 0 Å². The summed E-state index contributed by atoms with van der Waals surface area (Å²) in [6.45, 7) is 3.04. The Hall–Kier alpha value is -1.26. The number of hydrogen-bond donors (Lipinski definition) is 1. The fourth-order valence-electron chi connectivity index (χ4n) is 2.46. The summed E-state index contributed by atoms with van der Waals surface area (Å²) >= 11 is 1.88. The Morgan fingerprint density at radius 1 is 1.50 bits per heavy atom. The number of nitrogens with zero attached hydrogens (tertiary/aromatic N) is 2. The van der Waals surface area contributed by atoms with Crippen LogP contribution in [0.2, 0.25) is 0 Å². The summed E-state index contributed by atoms with van der Waals surface area (Å²) in [6.07, 6.45) is 4.88. The van der Waals surface area contributed by atoms with Gasteiger partial charge in [0.2, 0.25) is 0 Å². The molecule has 0 saturated carbocycles. The summed E-state index contributed by atoms with van der Waals surface area (Å²) in [5.74, 6) is 1.00. The molecule has 0 spiro atoms. The minimum atomic E-state index is -0.00245. The Bertz CT molecular complexity index is 524. The van der Waals surface area contributed by atoms with Gasteiger partial charge in [-0.25, -0.2) is 4.98 Å². The summed E-state index contributed by atoms with van der Waals surface area (Å²) in [7, 11) is 0. The minimum absolute atomic E-state index is 0.00245. The first kappa shape index (κ1) is 11.8. The van der Waals surface area contributed by atoms with Crippen molar-refractivity contribution in [2.75, 3.05) is 0 Å². The van der Waals surface area contributed by atoms with Crippen LogP contribution < -0.4 is 5.73 Å². The average Bonchev–Trinajstić information content (AvgIpc) is 3.03. The molecule has 0 aliphatic carbocycles. The Balaban J connectivity index is 1.82. The second-order valence-electron chi connectivity index (χ2n) is 4.57. The highest BCUT2D eigenvalue weighted by Crippen LogP contribution is 2.41. The molecule has 2 aromatic rings. The van der Waals surface area contributed by atoms with E-state index in [2.05, 4.69) is 40.7 Å². The molecule has 1 aromatic heterocycles. The Kier molecular flexibility index (Phi) is 3.14. The number of fused-ring (bicyclic) bond motifs is 1.